The van der Waals surface area contributed by atoms with E-state index in [0.29, 0.717) is 13.0 Å². The third-order valence-electron chi connectivity index (χ3n) is 3.27. The van der Waals surface area contributed by atoms with Crippen LogP contribution in [0.1, 0.15) is 10.4 Å². The molecule has 0 saturated heterocycles. The second kappa shape index (κ2) is 7.33. The summed E-state index contributed by atoms with van der Waals surface area (Å²) in [6.07, 6.45) is 0.545. The van der Waals surface area contributed by atoms with Crippen molar-refractivity contribution in [2.75, 3.05) is 7.05 Å². The molecule has 2 N–H and O–H groups in total. The molecular formula is C16H18N2OS2. The minimum Gasteiger partial charge on any atom is -0.393 e. The fraction of sp³-hybridized carbons (Fsp3) is 0.250. The lowest BCUT2D eigenvalue weighted by Gasteiger charge is -2.23. The smallest absolute Gasteiger partial charge is 0.232 e. The summed E-state index contributed by atoms with van der Waals surface area (Å²) in [7, 11) is 1.79. The van der Waals surface area contributed by atoms with Crippen LogP contribution in [-0.2, 0) is 17.8 Å². The quantitative estimate of drug-likeness (QED) is 0.833. The Bertz CT molecular complexity index is 596. The largest absolute Gasteiger partial charge is 0.393 e. The maximum atomic E-state index is 12.6. The van der Waals surface area contributed by atoms with Crippen LogP contribution in [0, 0.1) is 5.92 Å². The number of hydrogen-bond donors (Lipinski definition) is 1. The fourth-order valence-corrected chi connectivity index (χ4v) is 3.08. The molecule has 3 nitrogen and oxygen atoms in total. The average molecular weight is 318 g/mol. The Balaban J connectivity index is 2.06. The predicted octanol–water partition coefficient (Wildman–Crippen LogP) is 2.85. The van der Waals surface area contributed by atoms with Gasteiger partial charge in [0, 0.05) is 11.9 Å². The van der Waals surface area contributed by atoms with E-state index in [-0.39, 0.29) is 10.9 Å². The number of nitrogens with zero attached hydrogens (tertiary/aromatic N) is 1. The van der Waals surface area contributed by atoms with Crippen molar-refractivity contribution in [3.05, 3.63) is 58.3 Å². The van der Waals surface area contributed by atoms with E-state index in [0.717, 1.165) is 10.4 Å². The van der Waals surface area contributed by atoms with Crippen LogP contribution in [0.4, 0.5) is 0 Å². The Morgan fingerprint density at radius 3 is 2.57 bits per heavy atom. The molecule has 2 aromatic rings. The highest BCUT2D eigenvalue weighted by Crippen LogP contribution is 2.16. The number of benzene rings is 1. The van der Waals surface area contributed by atoms with E-state index in [1.807, 2.05) is 47.8 Å². The highest BCUT2D eigenvalue weighted by Gasteiger charge is 2.25. The van der Waals surface area contributed by atoms with Crippen molar-refractivity contribution < 1.29 is 4.79 Å². The average Bonchev–Trinajstić information content (AvgIpc) is 2.97. The Labute approximate surface area is 134 Å². The first-order valence-electron chi connectivity index (χ1n) is 6.68. The fourth-order valence-electron chi connectivity index (χ4n) is 2.14. The molecule has 0 saturated carbocycles. The molecule has 21 heavy (non-hydrogen) atoms. The van der Waals surface area contributed by atoms with Gasteiger partial charge in [0.05, 0.1) is 17.5 Å². The lowest BCUT2D eigenvalue weighted by molar-refractivity contribution is -0.132. The topological polar surface area (TPSA) is 46.3 Å². The maximum absolute atomic E-state index is 12.6. The Morgan fingerprint density at radius 2 is 2.00 bits per heavy atom. The molecule has 1 atom stereocenters. The first-order chi connectivity index (χ1) is 10.1. The van der Waals surface area contributed by atoms with Gasteiger partial charge in [-0.25, -0.2) is 0 Å². The van der Waals surface area contributed by atoms with E-state index in [9.17, 15) is 4.79 Å². The standard InChI is InChI=1S/C16H18N2OS2/c1-18(11-13-8-5-9-21-13)16(19)14(15(17)20)10-12-6-3-2-4-7-12/h2-9,14H,10-11H2,1H3,(H2,17,20). The molecule has 0 aliphatic rings. The van der Waals surface area contributed by atoms with Crippen molar-refractivity contribution in [3.63, 3.8) is 0 Å². The van der Waals surface area contributed by atoms with Gasteiger partial charge in [0.2, 0.25) is 5.91 Å². The summed E-state index contributed by atoms with van der Waals surface area (Å²) in [4.78, 5) is 15.7. The number of rotatable bonds is 6. The summed E-state index contributed by atoms with van der Waals surface area (Å²) in [5.41, 5.74) is 6.85. The molecule has 0 radical (unpaired) electrons. The Hall–Kier alpha value is -1.72. The lowest BCUT2D eigenvalue weighted by Crippen LogP contribution is -2.39. The molecule has 110 valence electrons. The summed E-state index contributed by atoms with van der Waals surface area (Å²) >= 11 is 6.73. The number of thiocarbonyl (C=S) groups is 1. The monoisotopic (exact) mass is 318 g/mol. The van der Waals surface area contributed by atoms with Gasteiger partial charge in [-0.2, -0.15) is 0 Å². The zero-order chi connectivity index (χ0) is 15.2. The third kappa shape index (κ3) is 4.37. The van der Waals surface area contributed by atoms with Gasteiger partial charge >= 0.3 is 0 Å². The molecule has 0 spiro atoms. The number of carbonyl (C=O) groups is 1. The van der Waals surface area contributed by atoms with Gasteiger partial charge in [-0.3, -0.25) is 4.79 Å². The molecule has 2 rings (SSSR count). The third-order valence-corrected chi connectivity index (χ3v) is 4.42. The Morgan fingerprint density at radius 1 is 1.29 bits per heavy atom. The number of nitrogens with two attached hydrogens (primary N) is 1. The second-order valence-electron chi connectivity index (χ2n) is 4.92. The first kappa shape index (κ1) is 15.7. The number of hydrogen-bond acceptors (Lipinski definition) is 3. The minimum absolute atomic E-state index is 0.0280. The number of thiophene rings is 1. The van der Waals surface area contributed by atoms with Crippen LogP contribution < -0.4 is 5.73 Å². The number of carbonyl (C=O) groups excluding carboxylic acids is 1. The van der Waals surface area contributed by atoms with Gasteiger partial charge in [0.15, 0.2) is 0 Å². The zero-order valence-corrected chi connectivity index (χ0v) is 13.5. The molecule has 0 aliphatic carbocycles. The predicted molar refractivity (Wildman–Crippen MR) is 91.2 cm³/mol. The Kier molecular flexibility index (Phi) is 5.47. The van der Waals surface area contributed by atoms with E-state index < -0.39 is 5.92 Å². The van der Waals surface area contributed by atoms with E-state index in [1.54, 1.807) is 23.3 Å². The molecule has 1 unspecified atom stereocenters. The van der Waals surface area contributed by atoms with E-state index in [2.05, 4.69) is 0 Å². The lowest BCUT2D eigenvalue weighted by atomic mass is 9.98. The zero-order valence-electron chi connectivity index (χ0n) is 11.9. The summed E-state index contributed by atoms with van der Waals surface area (Å²) in [6.45, 7) is 0.588. The first-order valence-corrected chi connectivity index (χ1v) is 7.97. The molecule has 0 bridgehead atoms. The van der Waals surface area contributed by atoms with Crippen LogP contribution in [0.3, 0.4) is 0 Å². The molecule has 1 aromatic carbocycles. The SMILES string of the molecule is CN(Cc1cccs1)C(=O)C(Cc1ccccc1)C(N)=S. The molecule has 1 heterocycles. The minimum atomic E-state index is -0.452. The van der Waals surface area contributed by atoms with E-state index in [1.165, 1.54) is 0 Å². The van der Waals surface area contributed by atoms with Crippen molar-refractivity contribution in [2.24, 2.45) is 11.7 Å². The van der Waals surface area contributed by atoms with Gasteiger partial charge in [0.25, 0.3) is 0 Å². The van der Waals surface area contributed by atoms with Gasteiger partial charge < -0.3 is 10.6 Å². The van der Waals surface area contributed by atoms with Gasteiger partial charge in [-0.15, -0.1) is 11.3 Å². The summed E-state index contributed by atoms with van der Waals surface area (Å²) in [5, 5.41) is 2.00. The summed E-state index contributed by atoms with van der Waals surface area (Å²) in [5.74, 6) is -0.480. The van der Waals surface area contributed by atoms with Crippen molar-refractivity contribution in [3.8, 4) is 0 Å². The van der Waals surface area contributed by atoms with Gasteiger partial charge in [-0.1, -0.05) is 48.6 Å². The maximum Gasteiger partial charge on any atom is 0.232 e. The van der Waals surface area contributed by atoms with Crippen molar-refractivity contribution in [2.45, 2.75) is 13.0 Å². The summed E-state index contributed by atoms with van der Waals surface area (Å²) in [6, 6.07) is 13.8. The van der Waals surface area contributed by atoms with Gasteiger partial charge in [0.1, 0.15) is 0 Å². The van der Waals surface area contributed by atoms with E-state index in [4.69, 9.17) is 18.0 Å². The van der Waals surface area contributed by atoms with Crippen LogP contribution in [0.15, 0.2) is 47.8 Å². The summed E-state index contributed by atoms with van der Waals surface area (Å²) < 4.78 is 0. The molecule has 1 amide bonds. The van der Waals surface area contributed by atoms with Crippen LogP contribution in [0.25, 0.3) is 0 Å². The molecule has 0 aliphatic heterocycles. The van der Waals surface area contributed by atoms with Crippen LogP contribution in [0.5, 0.6) is 0 Å². The van der Waals surface area contributed by atoms with Crippen molar-refractivity contribution >= 4 is 34.5 Å². The number of amides is 1. The molecular weight excluding hydrogens is 300 g/mol. The molecule has 1 aromatic heterocycles. The van der Waals surface area contributed by atoms with Crippen LogP contribution in [-0.4, -0.2) is 22.8 Å². The van der Waals surface area contributed by atoms with Crippen LogP contribution >= 0.6 is 23.6 Å². The highest BCUT2D eigenvalue weighted by molar-refractivity contribution is 7.80. The van der Waals surface area contributed by atoms with Crippen molar-refractivity contribution in [1.29, 1.82) is 0 Å². The second-order valence-corrected chi connectivity index (χ2v) is 6.42. The van der Waals surface area contributed by atoms with Crippen molar-refractivity contribution in [1.82, 2.24) is 4.90 Å². The highest BCUT2D eigenvalue weighted by atomic mass is 32.1. The normalized spacial score (nSPS) is 11.9. The molecule has 5 heteroatoms. The van der Waals surface area contributed by atoms with Crippen LogP contribution in [0.2, 0.25) is 0 Å². The van der Waals surface area contributed by atoms with E-state index >= 15 is 0 Å². The molecule has 0 fully saturated rings. The van der Waals surface area contributed by atoms with Gasteiger partial charge in [-0.05, 0) is 23.4 Å².